The van der Waals surface area contributed by atoms with E-state index in [4.69, 9.17) is 10.5 Å². The van der Waals surface area contributed by atoms with Crippen molar-refractivity contribution in [1.29, 1.82) is 0 Å². The number of nitrogens with two attached hydrogens (primary N) is 1. The van der Waals surface area contributed by atoms with Crippen LogP contribution < -0.4 is 16.4 Å². The Morgan fingerprint density at radius 2 is 1.61 bits per heavy atom. The highest BCUT2D eigenvalue weighted by Gasteiger charge is 2.17. The predicted molar refractivity (Wildman–Crippen MR) is 156 cm³/mol. The molecule has 204 valence electrons. The summed E-state index contributed by atoms with van der Waals surface area (Å²) in [6.07, 6.45) is 8.26. The Balaban J connectivity index is 1.20. The number of pyridine rings is 2. The van der Waals surface area contributed by atoms with Gasteiger partial charge in [-0.25, -0.2) is 14.8 Å². The maximum atomic E-state index is 13.2. The van der Waals surface area contributed by atoms with E-state index in [0.29, 0.717) is 24.3 Å². The van der Waals surface area contributed by atoms with Gasteiger partial charge >= 0.3 is 6.09 Å². The summed E-state index contributed by atoms with van der Waals surface area (Å²) in [5.41, 5.74) is 11.3. The van der Waals surface area contributed by atoms with Crippen LogP contribution in [-0.2, 0) is 17.8 Å². The number of nitrogen functional groups attached to an aromatic ring is 1. The molecule has 3 heterocycles. The van der Waals surface area contributed by atoms with Gasteiger partial charge in [0.2, 0.25) is 0 Å². The maximum Gasteiger partial charge on any atom is 0.407 e. The minimum Gasteiger partial charge on any atom is -0.445 e. The van der Waals surface area contributed by atoms with E-state index in [1.165, 1.54) is 6.20 Å². The highest BCUT2D eigenvalue weighted by atomic mass is 16.5. The number of hydrogen-bond acceptors (Lipinski definition) is 8. The van der Waals surface area contributed by atoms with E-state index in [2.05, 4.69) is 30.6 Å². The van der Waals surface area contributed by atoms with Crippen molar-refractivity contribution < 1.29 is 14.3 Å². The lowest BCUT2D eigenvalue weighted by molar-refractivity contribution is 0.102. The van der Waals surface area contributed by atoms with Gasteiger partial charge < -0.3 is 21.1 Å². The molecule has 0 radical (unpaired) electrons. The first-order valence-corrected chi connectivity index (χ1v) is 12.9. The topological polar surface area (TPSA) is 145 Å². The molecule has 0 aliphatic rings. The van der Waals surface area contributed by atoms with Crippen molar-refractivity contribution >= 4 is 23.5 Å². The molecular formula is C31H27N7O3. The third-order valence-corrected chi connectivity index (χ3v) is 6.20. The molecule has 3 aromatic heterocycles. The summed E-state index contributed by atoms with van der Waals surface area (Å²) in [6, 6.07) is 22.6. The van der Waals surface area contributed by atoms with E-state index >= 15 is 0 Å². The van der Waals surface area contributed by atoms with Gasteiger partial charge in [-0.05, 0) is 29.7 Å². The third kappa shape index (κ3) is 7.07. The molecule has 10 heteroatoms. The zero-order valence-corrected chi connectivity index (χ0v) is 22.0. The fourth-order valence-electron chi connectivity index (χ4n) is 4.08. The van der Waals surface area contributed by atoms with Crippen LogP contribution in [0, 0.1) is 0 Å². The summed E-state index contributed by atoms with van der Waals surface area (Å²) in [4.78, 5) is 42.1. The average molecular weight is 546 g/mol. The summed E-state index contributed by atoms with van der Waals surface area (Å²) in [6.45, 7) is 0.645. The third-order valence-electron chi connectivity index (χ3n) is 6.20. The number of benzene rings is 2. The van der Waals surface area contributed by atoms with Crippen LogP contribution in [-0.4, -0.2) is 38.5 Å². The maximum absolute atomic E-state index is 13.2. The molecule has 5 rings (SSSR count). The van der Waals surface area contributed by atoms with Crippen LogP contribution in [0.25, 0.3) is 22.4 Å². The van der Waals surface area contributed by atoms with Crippen molar-refractivity contribution in [3.8, 4) is 22.4 Å². The number of rotatable bonds is 9. The zero-order chi connectivity index (χ0) is 28.4. The Labute approximate surface area is 236 Å². The van der Waals surface area contributed by atoms with Crippen molar-refractivity contribution in [2.45, 2.75) is 13.0 Å². The van der Waals surface area contributed by atoms with Crippen molar-refractivity contribution in [3.63, 3.8) is 0 Å². The van der Waals surface area contributed by atoms with E-state index in [1.54, 1.807) is 30.9 Å². The van der Waals surface area contributed by atoms with Gasteiger partial charge in [-0.3, -0.25) is 14.8 Å². The molecule has 0 atom stereocenters. The van der Waals surface area contributed by atoms with Gasteiger partial charge in [0.15, 0.2) is 11.5 Å². The first kappa shape index (κ1) is 26.9. The highest BCUT2D eigenvalue weighted by Crippen LogP contribution is 2.27. The van der Waals surface area contributed by atoms with Crippen LogP contribution in [0.5, 0.6) is 0 Å². The molecule has 4 N–H and O–H groups in total. The lowest BCUT2D eigenvalue weighted by Crippen LogP contribution is -2.26. The highest BCUT2D eigenvalue weighted by molar-refractivity contribution is 6.07. The number of carbonyl (C=O) groups is 2. The predicted octanol–water partition coefficient (Wildman–Crippen LogP) is 4.90. The standard InChI is InChI=1S/C31H27N7O3/c32-29-28(30(39)38-27-18-34-15-13-25(27)24-7-4-14-33-17-24)37-26(19-36-29)23-10-8-21(9-11-23)12-16-35-31(40)41-20-22-5-2-1-3-6-22/h1-11,13-15,17-19H,12,16,20H2,(H2,32,36)(H,35,40)(H,38,39). The van der Waals surface area contributed by atoms with Gasteiger partial charge in [-0.1, -0.05) is 60.7 Å². The molecule has 2 aromatic carbocycles. The zero-order valence-electron chi connectivity index (χ0n) is 22.0. The number of nitrogens with zero attached hydrogens (tertiary/aromatic N) is 4. The van der Waals surface area contributed by atoms with Gasteiger partial charge in [0, 0.05) is 41.8 Å². The van der Waals surface area contributed by atoms with Crippen LogP contribution in [0.15, 0.2) is 104 Å². The number of anilines is 2. The summed E-state index contributed by atoms with van der Waals surface area (Å²) < 4.78 is 5.24. The first-order valence-electron chi connectivity index (χ1n) is 12.9. The van der Waals surface area contributed by atoms with Crippen molar-refractivity contribution in [1.82, 2.24) is 25.3 Å². The molecule has 0 saturated carbocycles. The summed E-state index contributed by atoms with van der Waals surface area (Å²) in [5.74, 6) is -0.489. The van der Waals surface area contributed by atoms with Crippen LogP contribution in [0.2, 0.25) is 0 Å². The Bertz CT molecular complexity index is 1630. The van der Waals surface area contributed by atoms with E-state index in [-0.39, 0.29) is 18.1 Å². The molecule has 0 aliphatic heterocycles. The molecule has 0 spiro atoms. The Kier molecular flexibility index (Phi) is 8.50. The van der Waals surface area contributed by atoms with Gasteiger partial charge in [0.05, 0.1) is 23.8 Å². The molecule has 0 fully saturated rings. The minimum atomic E-state index is -0.503. The van der Waals surface area contributed by atoms with Gasteiger partial charge in [0.25, 0.3) is 5.91 Å². The number of aromatic nitrogens is 4. The molecule has 41 heavy (non-hydrogen) atoms. The summed E-state index contributed by atoms with van der Waals surface area (Å²) in [7, 11) is 0. The number of ether oxygens (including phenoxy) is 1. The van der Waals surface area contributed by atoms with Crippen LogP contribution in [0.4, 0.5) is 16.3 Å². The molecule has 0 bridgehead atoms. The minimum absolute atomic E-state index is 0.00535. The summed E-state index contributed by atoms with van der Waals surface area (Å²) in [5, 5.41) is 5.61. The smallest absolute Gasteiger partial charge is 0.407 e. The number of alkyl carbamates (subject to hydrolysis) is 1. The van der Waals surface area contributed by atoms with Crippen LogP contribution >= 0.6 is 0 Å². The van der Waals surface area contributed by atoms with Crippen LogP contribution in [0.3, 0.4) is 0 Å². The molecule has 5 aromatic rings. The average Bonchev–Trinajstić information content (AvgIpc) is 3.02. The van der Waals surface area contributed by atoms with Crippen molar-refractivity contribution in [2.24, 2.45) is 0 Å². The lowest BCUT2D eigenvalue weighted by atomic mass is 10.1. The monoisotopic (exact) mass is 545 g/mol. The molecule has 0 aliphatic carbocycles. The van der Waals surface area contributed by atoms with E-state index in [1.807, 2.05) is 66.7 Å². The van der Waals surface area contributed by atoms with E-state index in [0.717, 1.165) is 27.8 Å². The Morgan fingerprint density at radius 1 is 0.805 bits per heavy atom. The van der Waals surface area contributed by atoms with E-state index < -0.39 is 12.0 Å². The second-order valence-electron chi connectivity index (χ2n) is 9.04. The SMILES string of the molecule is Nc1ncc(-c2ccc(CCNC(=O)OCc3ccccc3)cc2)nc1C(=O)Nc1cnccc1-c1cccnc1. The number of carbonyl (C=O) groups excluding carboxylic acids is 2. The second-order valence-corrected chi connectivity index (χ2v) is 9.04. The fourth-order valence-corrected chi connectivity index (χ4v) is 4.08. The van der Waals surface area contributed by atoms with E-state index in [9.17, 15) is 9.59 Å². The first-order chi connectivity index (χ1) is 20.1. The normalized spacial score (nSPS) is 10.5. The molecule has 0 saturated heterocycles. The molecule has 10 nitrogen and oxygen atoms in total. The number of amides is 2. The van der Waals surface area contributed by atoms with Gasteiger partial charge in [-0.2, -0.15) is 0 Å². The lowest BCUT2D eigenvalue weighted by Gasteiger charge is -2.12. The van der Waals surface area contributed by atoms with Crippen molar-refractivity contribution in [2.75, 3.05) is 17.6 Å². The summed E-state index contributed by atoms with van der Waals surface area (Å²) >= 11 is 0. The molecule has 2 amide bonds. The Hall–Kier alpha value is -5.64. The number of nitrogens with one attached hydrogen (secondary N) is 2. The molecule has 0 unspecified atom stereocenters. The second kappa shape index (κ2) is 12.9. The fraction of sp³-hybridized carbons (Fsp3) is 0.0968. The number of hydrogen-bond donors (Lipinski definition) is 3. The largest absolute Gasteiger partial charge is 0.445 e. The quantitative estimate of drug-likeness (QED) is 0.237. The van der Waals surface area contributed by atoms with Crippen molar-refractivity contribution in [3.05, 3.63) is 121 Å². The molecular weight excluding hydrogens is 518 g/mol. The van der Waals surface area contributed by atoms with Gasteiger partial charge in [0.1, 0.15) is 6.61 Å². The Morgan fingerprint density at radius 3 is 2.39 bits per heavy atom. The van der Waals surface area contributed by atoms with Gasteiger partial charge in [-0.15, -0.1) is 0 Å². The van der Waals surface area contributed by atoms with Crippen LogP contribution in [0.1, 0.15) is 21.6 Å².